The summed E-state index contributed by atoms with van der Waals surface area (Å²) in [7, 11) is 0. The van der Waals surface area contributed by atoms with E-state index in [0.717, 1.165) is 38.4 Å². The van der Waals surface area contributed by atoms with Crippen LogP contribution in [0, 0.1) is 6.92 Å². The fourth-order valence-electron chi connectivity index (χ4n) is 3.22. The highest BCUT2D eigenvalue weighted by Gasteiger charge is 2.42. The molecule has 1 aromatic rings. The Bertz CT molecular complexity index is 423. The van der Waals surface area contributed by atoms with Crippen LogP contribution in [-0.4, -0.2) is 47.9 Å². The van der Waals surface area contributed by atoms with Crippen molar-refractivity contribution in [3.63, 3.8) is 0 Å². The molecule has 1 aromatic heterocycles. The second-order valence-corrected chi connectivity index (χ2v) is 6.27. The molecule has 2 heterocycles. The molecule has 1 aliphatic heterocycles. The van der Waals surface area contributed by atoms with Gasteiger partial charge in [-0.25, -0.2) is 4.98 Å². The lowest BCUT2D eigenvalue weighted by Crippen LogP contribution is -2.42. The second kappa shape index (κ2) is 5.87. The van der Waals surface area contributed by atoms with Gasteiger partial charge < -0.3 is 9.47 Å². The summed E-state index contributed by atoms with van der Waals surface area (Å²) in [4.78, 5) is 7.09. The number of hydrogen-bond donors (Lipinski definition) is 0. The van der Waals surface area contributed by atoms with E-state index < -0.39 is 0 Å². The van der Waals surface area contributed by atoms with E-state index in [9.17, 15) is 0 Å². The molecule has 3 rings (SSSR count). The smallest absolute Gasteiger partial charge is 0.107 e. The topological polar surface area (TPSA) is 34.6 Å². The van der Waals surface area contributed by atoms with Crippen LogP contribution in [0.4, 0.5) is 0 Å². The van der Waals surface area contributed by atoms with E-state index in [-0.39, 0.29) is 6.10 Å². The largest absolute Gasteiger partial charge is 0.374 e. The summed E-state index contributed by atoms with van der Waals surface area (Å²) in [5.41, 5.74) is 1.12. The number of fused-ring (bicyclic) bond motifs is 2. The highest BCUT2D eigenvalue weighted by molar-refractivity contribution is 7.09. The van der Waals surface area contributed by atoms with Crippen molar-refractivity contribution in [1.29, 1.82) is 0 Å². The molecule has 0 radical (unpaired) electrons. The number of hydrogen-bond acceptors (Lipinski definition) is 5. The zero-order chi connectivity index (χ0) is 13.2. The van der Waals surface area contributed by atoms with Crippen LogP contribution in [0.3, 0.4) is 0 Å². The number of ether oxygens (including phenoxy) is 2. The maximum Gasteiger partial charge on any atom is 0.107 e. The maximum atomic E-state index is 5.95. The number of nitrogens with zero attached hydrogens (tertiary/aromatic N) is 2. The summed E-state index contributed by atoms with van der Waals surface area (Å²) in [6, 6.07) is 0.497. The first-order valence-electron chi connectivity index (χ1n) is 7.16. The van der Waals surface area contributed by atoms with E-state index in [1.165, 1.54) is 11.4 Å². The summed E-state index contributed by atoms with van der Waals surface area (Å²) >= 11 is 1.76. The number of thiazole rings is 1. The highest BCUT2D eigenvalue weighted by atomic mass is 32.1. The zero-order valence-electron chi connectivity index (χ0n) is 11.7. The van der Waals surface area contributed by atoms with Crippen LogP contribution in [0.1, 0.15) is 30.5 Å². The molecule has 1 saturated carbocycles. The third kappa shape index (κ3) is 2.84. The van der Waals surface area contributed by atoms with Crippen LogP contribution in [0.5, 0.6) is 0 Å². The van der Waals surface area contributed by atoms with Gasteiger partial charge in [-0.05, 0) is 26.7 Å². The third-order valence-corrected chi connectivity index (χ3v) is 4.99. The van der Waals surface area contributed by atoms with E-state index >= 15 is 0 Å². The van der Waals surface area contributed by atoms with Gasteiger partial charge in [0.1, 0.15) is 5.01 Å². The summed E-state index contributed by atoms with van der Waals surface area (Å²) in [5.74, 6) is 0. The normalized spacial score (nSPS) is 31.6. The number of aryl methyl sites for hydroxylation is 1. The first kappa shape index (κ1) is 13.5. The van der Waals surface area contributed by atoms with Gasteiger partial charge >= 0.3 is 0 Å². The molecule has 0 spiro atoms. The predicted octanol–water partition coefficient (Wildman–Crippen LogP) is 2.22. The molecule has 2 aliphatic rings. The van der Waals surface area contributed by atoms with Crippen LogP contribution in [0.25, 0.3) is 0 Å². The van der Waals surface area contributed by atoms with E-state index in [4.69, 9.17) is 9.47 Å². The Kier molecular flexibility index (Phi) is 4.17. The Hall–Kier alpha value is -0.490. The van der Waals surface area contributed by atoms with E-state index in [0.29, 0.717) is 12.1 Å². The Balaban J connectivity index is 1.73. The first-order chi connectivity index (χ1) is 9.28. The molecule has 3 unspecified atom stereocenters. The van der Waals surface area contributed by atoms with Crippen molar-refractivity contribution < 1.29 is 9.47 Å². The van der Waals surface area contributed by atoms with Gasteiger partial charge in [-0.1, -0.05) is 0 Å². The van der Waals surface area contributed by atoms with Crippen LogP contribution >= 0.6 is 11.3 Å². The fourth-order valence-corrected chi connectivity index (χ4v) is 4.02. The lowest BCUT2D eigenvalue weighted by molar-refractivity contribution is -0.0498. The van der Waals surface area contributed by atoms with Crippen LogP contribution in [0.2, 0.25) is 0 Å². The molecule has 4 nitrogen and oxygen atoms in total. The molecule has 5 heteroatoms. The van der Waals surface area contributed by atoms with Gasteiger partial charge in [-0.15, -0.1) is 11.3 Å². The van der Waals surface area contributed by atoms with Gasteiger partial charge in [0.2, 0.25) is 0 Å². The molecule has 3 atom stereocenters. The molecule has 1 aliphatic carbocycles. The van der Waals surface area contributed by atoms with Crippen molar-refractivity contribution in [3.8, 4) is 0 Å². The molecule has 0 aromatic carbocycles. The Labute approximate surface area is 118 Å². The second-order valence-electron chi connectivity index (χ2n) is 5.33. The molecule has 2 fully saturated rings. The lowest BCUT2D eigenvalue weighted by Gasteiger charge is -2.30. The highest BCUT2D eigenvalue weighted by Crippen LogP contribution is 2.33. The van der Waals surface area contributed by atoms with Crippen molar-refractivity contribution in [1.82, 2.24) is 9.88 Å². The number of rotatable bonds is 4. The zero-order valence-corrected chi connectivity index (χ0v) is 12.5. The van der Waals surface area contributed by atoms with Gasteiger partial charge in [0.05, 0.1) is 25.4 Å². The minimum Gasteiger partial charge on any atom is -0.374 e. The average Bonchev–Trinajstić information content (AvgIpc) is 2.90. The van der Waals surface area contributed by atoms with Gasteiger partial charge in [0.25, 0.3) is 0 Å². The Morgan fingerprint density at radius 1 is 1.53 bits per heavy atom. The fraction of sp³-hybridized carbons (Fsp3) is 0.786. The summed E-state index contributed by atoms with van der Waals surface area (Å²) in [6.45, 7) is 7.63. The van der Waals surface area contributed by atoms with Crippen molar-refractivity contribution in [2.45, 2.75) is 51.5 Å². The minimum atomic E-state index is 0.244. The van der Waals surface area contributed by atoms with Crippen LogP contribution < -0.4 is 0 Å². The summed E-state index contributed by atoms with van der Waals surface area (Å²) in [6.07, 6.45) is 2.85. The van der Waals surface area contributed by atoms with Crippen molar-refractivity contribution >= 4 is 11.3 Å². The van der Waals surface area contributed by atoms with E-state index in [1.54, 1.807) is 11.3 Å². The van der Waals surface area contributed by atoms with Crippen molar-refractivity contribution in [2.24, 2.45) is 0 Å². The molecule has 2 bridgehead atoms. The molecule has 19 heavy (non-hydrogen) atoms. The summed E-state index contributed by atoms with van der Waals surface area (Å²) < 4.78 is 11.9. The van der Waals surface area contributed by atoms with Crippen LogP contribution in [0.15, 0.2) is 5.38 Å². The average molecular weight is 282 g/mol. The van der Waals surface area contributed by atoms with Crippen molar-refractivity contribution in [3.05, 3.63) is 16.1 Å². The monoisotopic (exact) mass is 282 g/mol. The molecule has 106 valence electrons. The quantitative estimate of drug-likeness (QED) is 0.848. The van der Waals surface area contributed by atoms with E-state index in [1.807, 2.05) is 0 Å². The van der Waals surface area contributed by atoms with Gasteiger partial charge in [0.15, 0.2) is 0 Å². The van der Waals surface area contributed by atoms with E-state index in [2.05, 4.69) is 29.1 Å². The lowest BCUT2D eigenvalue weighted by atomic mass is 10.1. The van der Waals surface area contributed by atoms with Gasteiger partial charge in [0, 0.05) is 30.3 Å². The molecule has 0 amide bonds. The Morgan fingerprint density at radius 2 is 2.42 bits per heavy atom. The Morgan fingerprint density at radius 3 is 3.16 bits per heavy atom. The van der Waals surface area contributed by atoms with Crippen molar-refractivity contribution in [2.75, 3.05) is 19.8 Å². The molecule has 0 N–H and O–H groups in total. The van der Waals surface area contributed by atoms with Gasteiger partial charge in [-0.3, -0.25) is 4.90 Å². The van der Waals surface area contributed by atoms with Gasteiger partial charge in [-0.2, -0.15) is 0 Å². The SMILES string of the molecule is CCOC1C2CCC1N(Cc1nc(C)cs1)CCO2. The third-order valence-electron chi connectivity index (χ3n) is 4.04. The first-order valence-corrected chi connectivity index (χ1v) is 8.04. The minimum absolute atomic E-state index is 0.244. The molecular formula is C14H22N2O2S. The molecule has 1 saturated heterocycles. The maximum absolute atomic E-state index is 5.95. The predicted molar refractivity (Wildman–Crippen MR) is 75.4 cm³/mol. The standard InChI is InChI=1S/C14H22N2O2S/c1-3-17-14-11-4-5-12(14)18-7-6-16(11)8-13-15-10(2)9-19-13/h9,11-12,14H,3-8H2,1-2H3. The van der Waals surface area contributed by atoms with Crippen LogP contribution in [-0.2, 0) is 16.0 Å². The summed E-state index contributed by atoms with van der Waals surface area (Å²) in [5, 5.41) is 3.33. The molecular weight excluding hydrogens is 260 g/mol. The number of aromatic nitrogens is 1.